The van der Waals surface area contributed by atoms with Crippen LogP contribution in [0.25, 0.3) is 0 Å². The van der Waals surface area contributed by atoms with E-state index in [0.717, 1.165) is 30.8 Å². The molecule has 0 bridgehead atoms. The van der Waals surface area contributed by atoms with Crippen LogP contribution in [0, 0.1) is 6.92 Å². The van der Waals surface area contributed by atoms with Gasteiger partial charge in [-0.15, -0.1) is 0 Å². The smallest absolute Gasteiger partial charge is 0.0640 e. The minimum absolute atomic E-state index is 0.419. The maximum atomic E-state index is 5.17. The second kappa shape index (κ2) is 6.66. The van der Waals surface area contributed by atoms with Crippen molar-refractivity contribution in [2.45, 2.75) is 45.7 Å². The van der Waals surface area contributed by atoms with Crippen LogP contribution in [0.5, 0.6) is 0 Å². The fourth-order valence-corrected chi connectivity index (χ4v) is 1.84. The summed E-state index contributed by atoms with van der Waals surface area (Å²) in [5, 5.41) is 10.7. The maximum Gasteiger partial charge on any atom is 0.0640 e. The lowest BCUT2D eigenvalue weighted by atomic mass is 10.1. The number of rotatable bonds is 7. The monoisotopic (exact) mass is 225 g/mol. The Morgan fingerprint density at radius 2 is 2.31 bits per heavy atom. The fourth-order valence-electron chi connectivity index (χ4n) is 1.84. The largest absolute Gasteiger partial charge is 0.383 e. The Balaban J connectivity index is 2.37. The topological polar surface area (TPSA) is 49.9 Å². The van der Waals surface area contributed by atoms with Gasteiger partial charge in [0, 0.05) is 31.3 Å². The predicted octanol–water partition coefficient (Wildman–Crippen LogP) is 1.66. The maximum absolute atomic E-state index is 5.17. The number of H-pyrrole nitrogens is 1. The first-order chi connectivity index (χ1) is 7.65. The van der Waals surface area contributed by atoms with Crippen LogP contribution in [0.3, 0.4) is 0 Å². The molecule has 0 saturated carbocycles. The summed E-state index contributed by atoms with van der Waals surface area (Å²) in [4.78, 5) is 0. The standard InChI is InChI=1S/C12H23N3O/c1-5-11(8-16-4)13-9(2)6-12-7-10(3)14-15-12/h7,9,11,13H,5-6,8H2,1-4H3,(H,14,15). The van der Waals surface area contributed by atoms with Gasteiger partial charge in [0.15, 0.2) is 0 Å². The van der Waals surface area contributed by atoms with Gasteiger partial charge in [0.1, 0.15) is 0 Å². The first kappa shape index (κ1) is 13.2. The normalized spacial score (nSPS) is 15.0. The molecule has 0 aliphatic rings. The van der Waals surface area contributed by atoms with Crippen LogP contribution in [-0.4, -0.2) is 36.0 Å². The minimum Gasteiger partial charge on any atom is -0.383 e. The molecule has 0 aliphatic heterocycles. The number of methoxy groups -OCH3 is 1. The summed E-state index contributed by atoms with van der Waals surface area (Å²) >= 11 is 0. The van der Waals surface area contributed by atoms with E-state index >= 15 is 0 Å². The van der Waals surface area contributed by atoms with E-state index in [-0.39, 0.29) is 0 Å². The molecule has 1 rings (SSSR count). The Kier molecular flexibility index (Phi) is 5.49. The van der Waals surface area contributed by atoms with Gasteiger partial charge in [-0.2, -0.15) is 5.10 Å². The first-order valence-corrected chi connectivity index (χ1v) is 5.91. The van der Waals surface area contributed by atoms with Crippen molar-refractivity contribution in [3.05, 3.63) is 17.5 Å². The van der Waals surface area contributed by atoms with Crippen LogP contribution >= 0.6 is 0 Å². The number of aromatic amines is 1. The third-order valence-electron chi connectivity index (χ3n) is 2.66. The summed E-state index contributed by atoms with van der Waals surface area (Å²) in [6, 6.07) is 2.94. The molecule has 1 aromatic heterocycles. The van der Waals surface area contributed by atoms with Crippen molar-refractivity contribution in [3.63, 3.8) is 0 Å². The van der Waals surface area contributed by atoms with Crippen LogP contribution in [0.15, 0.2) is 6.07 Å². The molecular formula is C12H23N3O. The molecule has 2 atom stereocenters. The summed E-state index contributed by atoms with van der Waals surface area (Å²) in [6.45, 7) is 7.14. The van der Waals surface area contributed by atoms with E-state index in [4.69, 9.17) is 4.74 Å². The molecule has 2 N–H and O–H groups in total. The average molecular weight is 225 g/mol. The Bertz CT molecular complexity index is 298. The lowest BCUT2D eigenvalue weighted by Crippen LogP contribution is -2.40. The van der Waals surface area contributed by atoms with E-state index in [1.807, 2.05) is 6.92 Å². The molecule has 0 radical (unpaired) electrons. The molecule has 4 nitrogen and oxygen atoms in total. The highest BCUT2D eigenvalue weighted by molar-refractivity contribution is 5.07. The third kappa shape index (κ3) is 4.33. The lowest BCUT2D eigenvalue weighted by Gasteiger charge is -2.20. The summed E-state index contributed by atoms with van der Waals surface area (Å²) in [6.07, 6.45) is 2.03. The van der Waals surface area contributed by atoms with Crippen molar-refractivity contribution >= 4 is 0 Å². The van der Waals surface area contributed by atoms with E-state index < -0.39 is 0 Å². The summed E-state index contributed by atoms with van der Waals surface area (Å²) in [5.41, 5.74) is 2.23. The van der Waals surface area contributed by atoms with Crippen molar-refractivity contribution < 1.29 is 4.74 Å². The number of hydrogen-bond donors (Lipinski definition) is 2. The highest BCUT2D eigenvalue weighted by Crippen LogP contribution is 2.03. The number of ether oxygens (including phenoxy) is 1. The molecule has 0 fully saturated rings. The summed E-state index contributed by atoms with van der Waals surface area (Å²) in [7, 11) is 1.74. The van der Waals surface area contributed by atoms with Crippen LogP contribution in [-0.2, 0) is 11.2 Å². The zero-order chi connectivity index (χ0) is 12.0. The van der Waals surface area contributed by atoms with Crippen molar-refractivity contribution in [1.82, 2.24) is 15.5 Å². The van der Waals surface area contributed by atoms with Crippen molar-refractivity contribution in [1.29, 1.82) is 0 Å². The minimum atomic E-state index is 0.419. The fraction of sp³-hybridized carbons (Fsp3) is 0.750. The predicted molar refractivity (Wildman–Crippen MR) is 65.6 cm³/mol. The number of hydrogen-bond acceptors (Lipinski definition) is 3. The van der Waals surface area contributed by atoms with Gasteiger partial charge in [-0.3, -0.25) is 5.10 Å². The van der Waals surface area contributed by atoms with Gasteiger partial charge in [-0.25, -0.2) is 0 Å². The van der Waals surface area contributed by atoms with Crippen molar-refractivity contribution in [2.75, 3.05) is 13.7 Å². The molecule has 92 valence electrons. The molecule has 2 unspecified atom stereocenters. The molecule has 0 aromatic carbocycles. The molecular weight excluding hydrogens is 202 g/mol. The number of nitrogens with zero attached hydrogens (tertiary/aromatic N) is 1. The van der Waals surface area contributed by atoms with Crippen LogP contribution < -0.4 is 5.32 Å². The SMILES string of the molecule is CCC(COC)NC(C)Cc1cc(C)[nH]n1. The number of aryl methyl sites for hydroxylation is 1. The highest BCUT2D eigenvalue weighted by atomic mass is 16.5. The molecule has 0 aliphatic carbocycles. The number of nitrogens with one attached hydrogen (secondary N) is 2. The number of aromatic nitrogens is 2. The van der Waals surface area contributed by atoms with Gasteiger partial charge in [0.05, 0.1) is 12.3 Å². The molecule has 1 aromatic rings. The molecule has 16 heavy (non-hydrogen) atoms. The Labute approximate surface area is 97.8 Å². The Morgan fingerprint density at radius 3 is 2.81 bits per heavy atom. The highest BCUT2D eigenvalue weighted by Gasteiger charge is 2.11. The quantitative estimate of drug-likeness (QED) is 0.742. The molecule has 1 heterocycles. The van der Waals surface area contributed by atoms with Crippen LogP contribution in [0.1, 0.15) is 31.7 Å². The molecule has 4 heteroatoms. The van der Waals surface area contributed by atoms with E-state index in [9.17, 15) is 0 Å². The zero-order valence-corrected chi connectivity index (χ0v) is 10.7. The Morgan fingerprint density at radius 1 is 1.56 bits per heavy atom. The Hall–Kier alpha value is -0.870. The zero-order valence-electron chi connectivity index (χ0n) is 10.7. The van der Waals surface area contributed by atoms with Crippen LogP contribution in [0.4, 0.5) is 0 Å². The molecule has 0 amide bonds. The van der Waals surface area contributed by atoms with Gasteiger partial charge in [0.2, 0.25) is 0 Å². The van der Waals surface area contributed by atoms with Crippen LogP contribution in [0.2, 0.25) is 0 Å². The van der Waals surface area contributed by atoms with Crippen molar-refractivity contribution in [3.8, 4) is 0 Å². The second-order valence-electron chi connectivity index (χ2n) is 4.37. The van der Waals surface area contributed by atoms with Gasteiger partial charge in [-0.05, 0) is 26.3 Å². The average Bonchev–Trinajstić information content (AvgIpc) is 2.63. The summed E-state index contributed by atoms with van der Waals surface area (Å²) < 4.78 is 5.17. The molecule has 0 spiro atoms. The van der Waals surface area contributed by atoms with Gasteiger partial charge < -0.3 is 10.1 Å². The first-order valence-electron chi connectivity index (χ1n) is 5.91. The van der Waals surface area contributed by atoms with E-state index in [0.29, 0.717) is 12.1 Å². The molecule has 0 saturated heterocycles. The van der Waals surface area contributed by atoms with Crippen molar-refractivity contribution in [2.24, 2.45) is 0 Å². The van der Waals surface area contributed by atoms with E-state index in [1.165, 1.54) is 0 Å². The van der Waals surface area contributed by atoms with Gasteiger partial charge in [-0.1, -0.05) is 6.92 Å². The van der Waals surface area contributed by atoms with Gasteiger partial charge in [0.25, 0.3) is 0 Å². The van der Waals surface area contributed by atoms with E-state index in [2.05, 4.69) is 35.4 Å². The summed E-state index contributed by atoms with van der Waals surface area (Å²) in [5.74, 6) is 0. The lowest BCUT2D eigenvalue weighted by molar-refractivity contribution is 0.159. The third-order valence-corrected chi connectivity index (χ3v) is 2.66. The second-order valence-corrected chi connectivity index (χ2v) is 4.37. The van der Waals surface area contributed by atoms with Gasteiger partial charge >= 0.3 is 0 Å². The van der Waals surface area contributed by atoms with E-state index in [1.54, 1.807) is 7.11 Å².